The van der Waals surface area contributed by atoms with Gasteiger partial charge in [0, 0.05) is 40.3 Å². The van der Waals surface area contributed by atoms with Crippen molar-refractivity contribution in [3.05, 3.63) is 0 Å². The summed E-state index contributed by atoms with van der Waals surface area (Å²) in [5.41, 5.74) is 5.40. The van der Waals surface area contributed by atoms with Gasteiger partial charge in [-0.1, -0.05) is 6.92 Å². The number of aliphatic imine (C=N–C) groups is 1. The Morgan fingerprint density at radius 3 is 2.35 bits per heavy atom. The maximum Gasteiger partial charge on any atom is 0.333 e. The monoisotopic (exact) mass is 364 g/mol. The summed E-state index contributed by atoms with van der Waals surface area (Å²) in [7, 11) is 3.02. The fraction of sp³-hybridized carbons (Fsp3) is 0.688. The predicted molar refractivity (Wildman–Crippen MR) is 95.0 cm³/mol. The molecule has 142 valence electrons. The van der Waals surface area contributed by atoms with Crippen LogP contribution in [0.25, 0.3) is 0 Å². The smallest absolute Gasteiger partial charge is 0.333 e. The number of urea groups is 1. The standard InChI is InChI=1S/C16H25N7O3/c1-4-21-5-7-22(8-6-21)10-12-18-14-13(23(12)9-11(17)24)15(25)20(3)16(26)19(14)2/h13H,4-10H2,1-3H3,(H-,17,24)/p+1. The first-order valence-corrected chi connectivity index (χ1v) is 8.82. The van der Waals surface area contributed by atoms with Crippen molar-refractivity contribution in [1.29, 1.82) is 0 Å². The number of piperazine rings is 1. The molecule has 26 heavy (non-hydrogen) atoms. The molecule has 3 aliphatic rings. The van der Waals surface area contributed by atoms with Crippen LogP contribution in [0.1, 0.15) is 6.92 Å². The highest BCUT2D eigenvalue weighted by atomic mass is 16.2. The first-order chi connectivity index (χ1) is 12.3. The minimum absolute atomic E-state index is 0.108. The molecule has 2 fully saturated rings. The van der Waals surface area contributed by atoms with E-state index in [2.05, 4.69) is 21.7 Å². The molecule has 0 bridgehead atoms. The summed E-state index contributed by atoms with van der Waals surface area (Å²) in [5.74, 6) is 0.0438. The van der Waals surface area contributed by atoms with Gasteiger partial charge in [-0.25, -0.2) is 9.37 Å². The summed E-state index contributed by atoms with van der Waals surface area (Å²) in [4.78, 5) is 48.0. The molecule has 0 aliphatic carbocycles. The molecule has 10 nitrogen and oxygen atoms in total. The molecular formula is C16H26N7O3+. The predicted octanol–water partition coefficient (Wildman–Crippen LogP) is -2.18. The largest absolute Gasteiger partial charge is 0.366 e. The maximum absolute atomic E-state index is 12.6. The number of nitrogens with zero attached hydrogens (tertiary/aromatic N) is 6. The Kier molecular flexibility index (Phi) is 5.05. The number of carbonyl (C=O) groups excluding carboxylic acids is 3. The number of carbonyl (C=O) groups is 3. The van der Waals surface area contributed by atoms with E-state index in [0.29, 0.717) is 18.2 Å². The average molecular weight is 364 g/mol. The molecule has 1 unspecified atom stereocenters. The maximum atomic E-state index is 12.6. The van der Waals surface area contributed by atoms with Crippen molar-refractivity contribution in [1.82, 2.24) is 19.6 Å². The number of primary amides is 1. The second-order valence-corrected chi connectivity index (χ2v) is 6.83. The molecule has 0 radical (unpaired) electrons. The highest BCUT2D eigenvalue weighted by Gasteiger charge is 2.53. The summed E-state index contributed by atoms with van der Waals surface area (Å²) >= 11 is 0. The van der Waals surface area contributed by atoms with Gasteiger partial charge in [-0.2, -0.15) is 0 Å². The SMILES string of the molecule is CCN1CCN(CC2=[N+](CC(N)=O)C3C(=O)N(C)C(=O)N(C)C3=N2)CC1. The second kappa shape index (κ2) is 7.12. The van der Waals surface area contributed by atoms with Gasteiger partial charge in [-0.3, -0.25) is 24.3 Å². The van der Waals surface area contributed by atoms with Crippen LogP contribution in [0.15, 0.2) is 4.99 Å². The number of fused-ring (bicyclic) bond motifs is 1. The molecule has 1 atom stereocenters. The van der Waals surface area contributed by atoms with Gasteiger partial charge in [0.2, 0.25) is 0 Å². The average Bonchev–Trinajstić information content (AvgIpc) is 2.96. The molecule has 0 saturated carbocycles. The van der Waals surface area contributed by atoms with E-state index in [1.807, 2.05) is 0 Å². The number of imide groups is 1. The van der Waals surface area contributed by atoms with Gasteiger partial charge >= 0.3 is 11.9 Å². The van der Waals surface area contributed by atoms with Gasteiger partial charge in [0.05, 0.1) is 0 Å². The van der Waals surface area contributed by atoms with Crippen molar-refractivity contribution in [2.24, 2.45) is 10.7 Å². The van der Waals surface area contributed by atoms with E-state index >= 15 is 0 Å². The zero-order chi connectivity index (χ0) is 19.0. The van der Waals surface area contributed by atoms with Gasteiger partial charge in [0.1, 0.15) is 6.54 Å². The Bertz CT molecular complexity index is 694. The van der Waals surface area contributed by atoms with Gasteiger partial charge in [-0.15, -0.1) is 0 Å². The van der Waals surface area contributed by atoms with Crippen LogP contribution in [0, 0.1) is 0 Å². The van der Waals surface area contributed by atoms with Crippen molar-refractivity contribution in [2.45, 2.75) is 13.0 Å². The first-order valence-electron chi connectivity index (χ1n) is 8.82. The normalized spacial score (nSPS) is 25.0. The topological polar surface area (TPSA) is 106 Å². The second-order valence-electron chi connectivity index (χ2n) is 6.83. The quantitative estimate of drug-likeness (QED) is 0.559. The van der Waals surface area contributed by atoms with E-state index in [4.69, 9.17) is 5.73 Å². The van der Waals surface area contributed by atoms with Crippen LogP contribution in [-0.2, 0) is 9.59 Å². The number of amidine groups is 2. The molecule has 0 aromatic heterocycles. The van der Waals surface area contributed by atoms with Crippen LogP contribution < -0.4 is 5.73 Å². The summed E-state index contributed by atoms with van der Waals surface area (Å²) < 4.78 is 1.63. The molecule has 0 spiro atoms. The number of amides is 4. The van der Waals surface area contributed by atoms with E-state index < -0.39 is 18.0 Å². The van der Waals surface area contributed by atoms with Gasteiger partial charge in [0.15, 0.2) is 6.54 Å². The zero-order valence-corrected chi connectivity index (χ0v) is 15.5. The summed E-state index contributed by atoms with van der Waals surface area (Å²) in [6, 6.07) is -1.20. The fourth-order valence-electron chi connectivity index (χ4n) is 3.59. The van der Waals surface area contributed by atoms with E-state index in [9.17, 15) is 14.4 Å². The van der Waals surface area contributed by atoms with E-state index in [1.165, 1.54) is 11.9 Å². The number of hydrogen-bond acceptors (Lipinski definition) is 6. The number of likely N-dealkylation sites (N-methyl/N-ethyl adjacent to an activating group) is 3. The molecular weight excluding hydrogens is 338 g/mol. The van der Waals surface area contributed by atoms with Crippen molar-refractivity contribution in [3.8, 4) is 0 Å². The fourth-order valence-corrected chi connectivity index (χ4v) is 3.59. The minimum Gasteiger partial charge on any atom is -0.366 e. The van der Waals surface area contributed by atoms with Crippen LogP contribution in [0.4, 0.5) is 4.79 Å². The molecule has 3 rings (SSSR count). The molecule has 3 heterocycles. The van der Waals surface area contributed by atoms with Gasteiger partial charge in [0.25, 0.3) is 23.7 Å². The zero-order valence-electron chi connectivity index (χ0n) is 15.5. The van der Waals surface area contributed by atoms with Crippen molar-refractivity contribution < 1.29 is 19.0 Å². The lowest BCUT2D eigenvalue weighted by Crippen LogP contribution is -2.62. The Morgan fingerprint density at radius 1 is 1.15 bits per heavy atom. The molecule has 0 aromatic carbocycles. The number of hydrogen-bond donors (Lipinski definition) is 1. The van der Waals surface area contributed by atoms with Crippen LogP contribution in [0.5, 0.6) is 0 Å². The molecule has 4 amide bonds. The number of rotatable bonds is 5. The van der Waals surface area contributed by atoms with Gasteiger partial charge < -0.3 is 10.6 Å². The summed E-state index contributed by atoms with van der Waals surface area (Å²) in [6.45, 7) is 7.30. The number of nitrogens with two attached hydrogens (primary N) is 1. The molecule has 0 aromatic rings. The van der Waals surface area contributed by atoms with Crippen molar-refractivity contribution in [3.63, 3.8) is 0 Å². The van der Waals surface area contributed by atoms with Crippen LogP contribution in [-0.4, -0.2) is 120 Å². The Morgan fingerprint density at radius 2 is 1.77 bits per heavy atom. The summed E-state index contributed by atoms with van der Waals surface area (Å²) in [5, 5.41) is 0. The van der Waals surface area contributed by atoms with Gasteiger partial charge in [-0.05, 0) is 11.5 Å². The lowest BCUT2D eigenvalue weighted by Gasteiger charge is -2.33. The molecule has 2 N–H and O–H groups in total. The molecule has 2 saturated heterocycles. The lowest BCUT2D eigenvalue weighted by molar-refractivity contribution is -0.525. The van der Waals surface area contributed by atoms with Crippen molar-refractivity contribution in [2.75, 3.05) is 59.9 Å². The van der Waals surface area contributed by atoms with E-state index in [-0.39, 0.29) is 12.5 Å². The van der Waals surface area contributed by atoms with Crippen LogP contribution in [0.2, 0.25) is 0 Å². The molecule has 10 heteroatoms. The Balaban J connectivity index is 1.86. The van der Waals surface area contributed by atoms with E-state index in [1.54, 1.807) is 11.6 Å². The van der Waals surface area contributed by atoms with Crippen LogP contribution >= 0.6 is 0 Å². The minimum atomic E-state index is -0.776. The Hall–Kier alpha value is -2.33. The highest BCUT2D eigenvalue weighted by molar-refractivity contribution is 6.23. The lowest BCUT2D eigenvalue weighted by atomic mass is 10.1. The Labute approximate surface area is 152 Å². The molecule has 3 aliphatic heterocycles. The summed E-state index contributed by atoms with van der Waals surface area (Å²) in [6.07, 6.45) is 0. The first kappa shape index (κ1) is 18.5. The van der Waals surface area contributed by atoms with Crippen molar-refractivity contribution >= 4 is 29.5 Å². The third kappa shape index (κ3) is 3.21. The third-order valence-corrected chi connectivity index (χ3v) is 5.22. The van der Waals surface area contributed by atoms with Crippen LogP contribution in [0.3, 0.4) is 0 Å². The van der Waals surface area contributed by atoms with E-state index in [0.717, 1.165) is 37.6 Å². The third-order valence-electron chi connectivity index (χ3n) is 5.22. The highest BCUT2D eigenvalue weighted by Crippen LogP contribution is 2.19.